The summed E-state index contributed by atoms with van der Waals surface area (Å²) in [7, 11) is 0. The topological polar surface area (TPSA) is 44.5 Å². The number of benzene rings is 1. The van der Waals surface area contributed by atoms with Gasteiger partial charge >= 0.3 is 0 Å². The Balaban J connectivity index is 2.02. The van der Waals surface area contributed by atoms with Gasteiger partial charge in [-0.25, -0.2) is 4.39 Å². The van der Waals surface area contributed by atoms with Crippen molar-refractivity contribution < 1.29 is 13.9 Å². The Bertz CT molecular complexity index is 485. The summed E-state index contributed by atoms with van der Waals surface area (Å²) in [6.45, 7) is 4.48. The molecule has 0 spiro atoms. The SMILES string of the molecule is CC1CC(OCc2ccc(F)cc2C(N)=S)CC(C)O1. The van der Waals surface area contributed by atoms with Crippen LogP contribution in [0, 0.1) is 5.82 Å². The predicted molar refractivity (Wildman–Crippen MR) is 80.1 cm³/mol. The van der Waals surface area contributed by atoms with Gasteiger partial charge in [0.25, 0.3) is 0 Å². The van der Waals surface area contributed by atoms with Gasteiger partial charge in [0.15, 0.2) is 0 Å². The van der Waals surface area contributed by atoms with E-state index in [4.69, 9.17) is 27.4 Å². The highest BCUT2D eigenvalue weighted by Crippen LogP contribution is 2.23. The molecule has 3 nitrogen and oxygen atoms in total. The second kappa shape index (κ2) is 6.61. The second-order valence-corrected chi connectivity index (χ2v) is 5.77. The number of hydrogen-bond acceptors (Lipinski definition) is 3. The lowest BCUT2D eigenvalue weighted by atomic mass is 10.0. The lowest BCUT2D eigenvalue weighted by molar-refractivity contribution is -0.106. The smallest absolute Gasteiger partial charge is 0.123 e. The highest BCUT2D eigenvalue weighted by atomic mass is 32.1. The maximum absolute atomic E-state index is 13.2. The Hall–Kier alpha value is -1.04. The van der Waals surface area contributed by atoms with E-state index in [1.165, 1.54) is 12.1 Å². The first kappa shape index (κ1) is 15.4. The van der Waals surface area contributed by atoms with Crippen LogP contribution in [0.15, 0.2) is 18.2 Å². The van der Waals surface area contributed by atoms with E-state index in [1.54, 1.807) is 6.07 Å². The van der Waals surface area contributed by atoms with Crippen LogP contribution in [0.2, 0.25) is 0 Å². The Morgan fingerprint density at radius 3 is 2.65 bits per heavy atom. The number of rotatable bonds is 4. The standard InChI is InChI=1S/C15H20FNO2S/c1-9-5-13(6-10(2)19-9)18-8-11-3-4-12(16)7-14(11)15(17)20/h3-4,7,9-10,13H,5-6,8H2,1-2H3,(H2,17,20). The zero-order valence-electron chi connectivity index (χ0n) is 11.8. The third-order valence-electron chi connectivity index (χ3n) is 3.47. The molecule has 20 heavy (non-hydrogen) atoms. The zero-order chi connectivity index (χ0) is 14.7. The first-order valence-corrected chi connectivity index (χ1v) is 7.22. The van der Waals surface area contributed by atoms with Crippen LogP contribution < -0.4 is 5.73 Å². The van der Waals surface area contributed by atoms with Crippen molar-refractivity contribution in [3.05, 3.63) is 35.1 Å². The number of halogens is 1. The van der Waals surface area contributed by atoms with Crippen LogP contribution in [0.4, 0.5) is 4.39 Å². The molecule has 110 valence electrons. The van der Waals surface area contributed by atoms with Gasteiger partial charge in [0, 0.05) is 5.56 Å². The Morgan fingerprint density at radius 2 is 2.05 bits per heavy atom. The molecule has 2 rings (SSSR count). The molecule has 1 fully saturated rings. The van der Waals surface area contributed by atoms with Crippen molar-refractivity contribution in [1.29, 1.82) is 0 Å². The number of nitrogens with two attached hydrogens (primary N) is 1. The fraction of sp³-hybridized carbons (Fsp3) is 0.533. The van der Waals surface area contributed by atoms with Gasteiger partial charge in [-0.2, -0.15) is 0 Å². The third kappa shape index (κ3) is 3.98. The number of ether oxygens (including phenoxy) is 2. The molecule has 1 aliphatic heterocycles. The average Bonchev–Trinajstić information content (AvgIpc) is 2.36. The molecule has 0 aliphatic carbocycles. The van der Waals surface area contributed by atoms with Crippen LogP contribution in [0.1, 0.15) is 37.8 Å². The largest absolute Gasteiger partial charge is 0.389 e. The van der Waals surface area contributed by atoms with Gasteiger partial charge in [-0.3, -0.25) is 0 Å². The molecule has 1 aromatic rings. The van der Waals surface area contributed by atoms with Crippen LogP contribution >= 0.6 is 12.2 Å². The molecule has 2 N–H and O–H groups in total. The summed E-state index contributed by atoms with van der Waals surface area (Å²) in [5.74, 6) is -0.343. The van der Waals surface area contributed by atoms with Crippen molar-refractivity contribution in [2.45, 2.75) is 51.6 Å². The minimum atomic E-state index is -0.343. The van der Waals surface area contributed by atoms with Crippen molar-refractivity contribution in [3.8, 4) is 0 Å². The molecule has 0 aromatic heterocycles. The van der Waals surface area contributed by atoms with Gasteiger partial charge in [0.1, 0.15) is 10.8 Å². The summed E-state index contributed by atoms with van der Waals surface area (Å²) >= 11 is 4.95. The van der Waals surface area contributed by atoms with E-state index in [0.717, 1.165) is 18.4 Å². The van der Waals surface area contributed by atoms with E-state index in [1.807, 2.05) is 13.8 Å². The molecule has 0 amide bonds. The molecule has 5 heteroatoms. The molecule has 1 aromatic carbocycles. The molecular weight excluding hydrogens is 277 g/mol. The fourth-order valence-corrected chi connectivity index (χ4v) is 2.78. The Labute approximate surface area is 124 Å². The lowest BCUT2D eigenvalue weighted by Gasteiger charge is -2.32. The van der Waals surface area contributed by atoms with Gasteiger partial charge < -0.3 is 15.2 Å². The summed E-state index contributed by atoms with van der Waals surface area (Å²) in [5, 5.41) is 0. The van der Waals surface area contributed by atoms with Crippen LogP contribution in [0.3, 0.4) is 0 Å². The molecule has 2 unspecified atom stereocenters. The van der Waals surface area contributed by atoms with Gasteiger partial charge in [-0.15, -0.1) is 0 Å². The molecule has 2 atom stereocenters. The monoisotopic (exact) mass is 297 g/mol. The summed E-state index contributed by atoms with van der Waals surface area (Å²) < 4.78 is 24.8. The quantitative estimate of drug-likeness (QED) is 0.868. The summed E-state index contributed by atoms with van der Waals surface area (Å²) in [5.41, 5.74) is 7.00. The van der Waals surface area contributed by atoms with Crippen LogP contribution in [0.25, 0.3) is 0 Å². The highest BCUT2D eigenvalue weighted by molar-refractivity contribution is 7.80. The van der Waals surface area contributed by atoms with Crippen molar-refractivity contribution in [2.24, 2.45) is 5.73 Å². The maximum atomic E-state index is 13.2. The zero-order valence-corrected chi connectivity index (χ0v) is 12.6. The highest BCUT2D eigenvalue weighted by Gasteiger charge is 2.25. The molecule has 0 radical (unpaired) electrons. The van der Waals surface area contributed by atoms with Gasteiger partial charge in [-0.1, -0.05) is 18.3 Å². The molecule has 0 saturated carbocycles. The van der Waals surface area contributed by atoms with Crippen molar-refractivity contribution in [2.75, 3.05) is 0 Å². The molecule has 1 saturated heterocycles. The third-order valence-corrected chi connectivity index (χ3v) is 3.69. The minimum absolute atomic E-state index is 0.151. The second-order valence-electron chi connectivity index (χ2n) is 5.33. The normalized spacial score (nSPS) is 26.4. The van der Waals surface area contributed by atoms with Gasteiger partial charge in [0.2, 0.25) is 0 Å². The van der Waals surface area contributed by atoms with Crippen LogP contribution in [0.5, 0.6) is 0 Å². The molecule has 0 bridgehead atoms. The maximum Gasteiger partial charge on any atom is 0.123 e. The molecular formula is C15H20FNO2S. The van der Waals surface area contributed by atoms with Crippen molar-refractivity contribution in [1.82, 2.24) is 0 Å². The van der Waals surface area contributed by atoms with E-state index in [9.17, 15) is 4.39 Å². The lowest BCUT2D eigenvalue weighted by Crippen LogP contribution is -2.34. The summed E-state index contributed by atoms with van der Waals surface area (Å²) in [6.07, 6.45) is 2.29. The first-order chi connectivity index (χ1) is 9.45. The Morgan fingerprint density at radius 1 is 1.40 bits per heavy atom. The minimum Gasteiger partial charge on any atom is -0.389 e. The summed E-state index contributed by atoms with van der Waals surface area (Å²) in [4.78, 5) is 0.191. The van der Waals surface area contributed by atoms with E-state index < -0.39 is 0 Å². The Kier molecular flexibility index (Phi) is 5.07. The fourth-order valence-electron chi connectivity index (χ4n) is 2.59. The van der Waals surface area contributed by atoms with E-state index >= 15 is 0 Å². The van der Waals surface area contributed by atoms with E-state index in [-0.39, 0.29) is 29.1 Å². The average molecular weight is 297 g/mol. The van der Waals surface area contributed by atoms with Crippen LogP contribution in [-0.4, -0.2) is 23.3 Å². The van der Waals surface area contributed by atoms with E-state index in [2.05, 4.69) is 0 Å². The van der Waals surface area contributed by atoms with Crippen molar-refractivity contribution in [3.63, 3.8) is 0 Å². The molecule has 1 heterocycles. The first-order valence-electron chi connectivity index (χ1n) is 6.81. The predicted octanol–water partition coefficient (Wildman–Crippen LogP) is 2.93. The van der Waals surface area contributed by atoms with Gasteiger partial charge in [0.05, 0.1) is 24.9 Å². The number of thiocarbonyl (C=S) groups is 1. The van der Waals surface area contributed by atoms with E-state index in [0.29, 0.717) is 12.2 Å². The van der Waals surface area contributed by atoms with Crippen LogP contribution in [-0.2, 0) is 16.1 Å². The molecule has 1 aliphatic rings. The van der Waals surface area contributed by atoms with Crippen molar-refractivity contribution >= 4 is 17.2 Å². The van der Waals surface area contributed by atoms with Gasteiger partial charge in [-0.05, 0) is 44.4 Å². The number of hydrogen-bond donors (Lipinski definition) is 1. The summed E-state index contributed by atoms with van der Waals surface area (Å²) in [6, 6.07) is 4.43.